The quantitative estimate of drug-likeness (QED) is 0.797. The monoisotopic (exact) mass is 333 g/mol. The first-order valence-electron chi connectivity index (χ1n) is 7.52. The number of benzene rings is 2. The molecule has 0 saturated carbocycles. The fourth-order valence-corrected chi connectivity index (χ4v) is 2.94. The van der Waals surface area contributed by atoms with Crippen LogP contribution in [0.1, 0.15) is 18.5 Å². The van der Waals surface area contributed by atoms with Crippen molar-refractivity contribution in [1.82, 2.24) is 0 Å². The van der Waals surface area contributed by atoms with Gasteiger partial charge in [0.05, 0.1) is 12.7 Å². The van der Waals surface area contributed by atoms with Crippen LogP contribution < -0.4 is 10.2 Å². The molecule has 0 saturated heterocycles. The van der Waals surface area contributed by atoms with Gasteiger partial charge >= 0.3 is 0 Å². The number of anilines is 1. The average Bonchev–Trinajstić information content (AvgIpc) is 2.55. The van der Waals surface area contributed by atoms with E-state index in [0.717, 1.165) is 21.0 Å². The third-order valence-corrected chi connectivity index (χ3v) is 4.73. The second kappa shape index (κ2) is 8.13. The van der Waals surface area contributed by atoms with Gasteiger partial charge in [-0.25, -0.2) is 4.39 Å². The topological polar surface area (TPSA) is 33.5 Å². The van der Waals surface area contributed by atoms with Crippen LogP contribution in [0.15, 0.2) is 53.4 Å². The highest BCUT2D eigenvalue weighted by Crippen LogP contribution is 2.24. The Balaban J connectivity index is 1.97. The largest absolute Gasteiger partial charge is 0.324 e. The summed E-state index contributed by atoms with van der Waals surface area (Å²) in [6, 6.07) is 14.3. The van der Waals surface area contributed by atoms with Crippen LogP contribution >= 0.6 is 11.8 Å². The number of hydrogen-bond donors (Lipinski definition) is 2. The smallest absolute Gasteiger partial charge is 0.279 e. The van der Waals surface area contributed by atoms with Crippen LogP contribution in [0.2, 0.25) is 0 Å². The standard InChI is InChI=1S/C18H21FN2OS/c1-13(14-8-10-15(19)11-9-14)21(2)12-18(22)20-16-6-4-5-7-17(16)23-3/h4-11,13H,12H2,1-3H3,(H,20,22)/p+1/t13-/m1/s1. The first kappa shape index (κ1) is 17.5. The summed E-state index contributed by atoms with van der Waals surface area (Å²) in [6.45, 7) is 2.38. The maximum atomic E-state index is 13.0. The van der Waals surface area contributed by atoms with Crippen molar-refractivity contribution in [2.75, 3.05) is 25.2 Å². The highest BCUT2D eigenvalue weighted by Gasteiger charge is 2.19. The van der Waals surface area contributed by atoms with Gasteiger partial charge in [0.2, 0.25) is 0 Å². The molecule has 0 fully saturated rings. The Bertz CT molecular complexity index is 660. The minimum absolute atomic E-state index is 0.0297. The van der Waals surface area contributed by atoms with Crippen LogP contribution in [0.25, 0.3) is 0 Å². The first-order chi connectivity index (χ1) is 11.0. The van der Waals surface area contributed by atoms with E-state index >= 15 is 0 Å². The van der Waals surface area contributed by atoms with Crippen LogP contribution in [0.4, 0.5) is 10.1 Å². The van der Waals surface area contributed by atoms with Crippen molar-refractivity contribution in [1.29, 1.82) is 0 Å². The predicted molar refractivity (Wildman–Crippen MR) is 93.4 cm³/mol. The van der Waals surface area contributed by atoms with Crippen molar-refractivity contribution in [3.8, 4) is 0 Å². The van der Waals surface area contributed by atoms with Gasteiger partial charge in [0, 0.05) is 10.5 Å². The zero-order valence-electron chi connectivity index (χ0n) is 13.6. The number of hydrogen-bond acceptors (Lipinski definition) is 2. The molecule has 0 aliphatic carbocycles. The summed E-state index contributed by atoms with van der Waals surface area (Å²) in [6.07, 6.45) is 1.99. The summed E-state index contributed by atoms with van der Waals surface area (Å²) >= 11 is 1.60. The summed E-state index contributed by atoms with van der Waals surface area (Å²) in [5.74, 6) is -0.275. The lowest BCUT2D eigenvalue weighted by Crippen LogP contribution is -3.10. The maximum absolute atomic E-state index is 13.0. The summed E-state index contributed by atoms with van der Waals surface area (Å²) < 4.78 is 13.0. The molecule has 2 aromatic rings. The van der Waals surface area contributed by atoms with Crippen molar-refractivity contribution in [2.45, 2.75) is 17.9 Å². The fourth-order valence-electron chi connectivity index (χ4n) is 2.38. The molecular weight excluding hydrogens is 311 g/mol. The van der Waals surface area contributed by atoms with Crippen LogP contribution in [-0.4, -0.2) is 25.8 Å². The van der Waals surface area contributed by atoms with Gasteiger partial charge in [0.15, 0.2) is 6.54 Å². The molecule has 0 aliphatic rings. The molecule has 122 valence electrons. The lowest BCUT2D eigenvalue weighted by molar-refractivity contribution is -0.902. The van der Waals surface area contributed by atoms with Crippen molar-refractivity contribution < 1.29 is 14.1 Å². The summed E-state index contributed by atoms with van der Waals surface area (Å²) in [5.41, 5.74) is 1.86. The van der Waals surface area contributed by atoms with E-state index in [0.29, 0.717) is 6.54 Å². The van der Waals surface area contributed by atoms with Crippen molar-refractivity contribution >= 4 is 23.4 Å². The molecule has 1 unspecified atom stereocenters. The molecule has 0 aromatic heterocycles. The molecule has 2 rings (SSSR count). The molecule has 1 amide bonds. The van der Waals surface area contributed by atoms with E-state index in [9.17, 15) is 9.18 Å². The van der Waals surface area contributed by atoms with E-state index in [4.69, 9.17) is 0 Å². The van der Waals surface area contributed by atoms with E-state index in [-0.39, 0.29) is 17.8 Å². The second-order valence-corrected chi connectivity index (χ2v) is 6.39. The summed E-state index contributed by atoms with van der Waals surface area (Å²) in [7, 11) is 1.97. The zero-order chi connectivity index (χ0) is 16.8. The lowest BCUT2D eigenvalue weighted by atomic mass is 10.1. The predicted octanol–water partition coefficient (Wildman–Crippen LogP) is 2.76. The van der Waals surface area contributed by atoms with Gasteiger partial charge in [0.1, 0.15) is 11.9 Å². The normalized spacial score (nSPS) is 13.4. The number of amides is 1. The van der Waals surface area contributed by atoms with E-state index < -0.39 is 0 Å². The molecule has 3 nitrogen and oxygen atoms in total. The average molecular weight is 333 g/mol. The molecule has 2 aromatic carbocycles. The number of likely N-dealkylation sites (N-methyl/N-ethyl adjacent to an activating group) is 1. The third-order valence-electron chi connectivity index (χ3n) is 3.93. The lowest BCUT2D eigenvalue weighted by Gasteiger charge is -2.21. The Hall–Kier alpha value is -1.85. The molecule has 2 N–H and O–H groups in total. The molecule has 5 heteroatoms. The highest BCUT2D eigenvalue weighted by molar-refractivity contribution is 7.98. The van der Waals surface area contributed by atoms with E-state index in [1.807, 2.05) is 44.5 Å². The Labute approximate surface area is 140 Å². The molecule has 0 bridgehead atoms. The SMILES string of the molecule is CSc1ccccc1NC(=O)C[NH+](C)[C@H](C)c1ccc(F)cc1. The zero-order valence-corrected chi connectivity index (χ0v) is 14.4. The fraction of sp³-hybridized carbons (Fsp3) is 0.278. The molecule has 23 heavy (non-hydrogen) atoms. The van der Waals surface area contributed by atoms with Crippen LogP contribution in [-0.2, 0) is 4.79 Å². The highest BCUT2D eigenvalue weighted by atomic mass is 32.2. The molecule has 0 aliphatic heterocycles. The molecule has 2 atom stereocenters. The summed E-state index contributed by atoms with van der Waals surface area (Å²) in [5, 5.41) is 2.97. The Morgan fingerprint density at radius 3 is 2.52 bits per heavy atom. The number of nitrogens with one attached hydrogen (secondary N) is 2. The summed E-state index contributed by atoms with van der Waals surface area (Å²) in [4.78, 5) is 14.4. The number of carbonyl (C=O) groups excluding carboxylic acids is 1. The van der Waals surface area contributed by atoms with E-state index in [2.05, 4.69) is 5.32 Å². The molecular formula is C18H22FN2OS+. The van der Waals surface area contributed by atoms with Gasteiger partial charge in [-0.1, -0.05) is 24.3 Å². The minimum atomic E-state index is -0.245. The van der Waals surface area contributed by atoms with Crippen molar-refractivity contribution in [3.63, 3.8) is 0 Å². The molecule has 0 heterocycles. The van der Waals surface area contributed by atoms with Crippen molar-refractivity contribution in [2.24, 2.45) is 0 Å². The van der Waals surface area contributed by atoms with Crippen LogP contribution in [0.5, 0.6) is 0 Å². The Morgan fingerprint density at radius 1 is 1.22 bits per heavy atom. The third kappa shape index (κ3) is 4.81. The van der Waals surface area contributed by atoms with Crippen molar-refractivity contribution in [3.05, 3.63) is 59.9 Å². The van der Waals surface area contributed by atoms with Crippen LogP contribution in [0, 0.1) is 5.82 Å². The Morgan fingerprint density at radius 2 is 1.87 bits per heavy atom. The van der Waals surface area contributed by atoms with Gasteiger partial charge in [0.25, 0.3) is 5.91 Å². The number of para-hydroxylation sites is 1. The molecule has 0 radical (unpaired) electrons. The maximum Gasteiger partial charge on any atom is 0.279 e. The van der Waals surface area contributed by atoms with Crippen LogP contribution in [0.3, 0.4) is 0 Å². The second-order valence-electron chi connectivity index (χ2n) is 5.54. The number of thioether (sulfide) groups is 1. The van der Waals surface area contributed by atoms with Gasteiger partial charge < -0.3 is 10.2 Å². The minimum Gasteiger partial charge on any atom is -0.324 e. The van der Waals surface area contributed by atoms with Gasteiger partial charge in [-0.05, 0) is 37.4 Å². The van der Waals surface area contributed by atoms with Gasteiger partial charge in [-0.3, -0.25) is 4.79 Å². The Kier molecular flexibility index (Phi) is 6.19. The van der Waals surface area contributed by atoms with Gasteiger partial charge in [-0.15, -0.1) is 11.8 Å². The van der Waals surface area contributed by atoms with E-state index in [1.54, 1.807) is 23.9 Å². The van der Waals surface area contributed by atoms with E-state index in [1.165, 1.54) is 12.1 Å². The molecule has 0 spiro atoms. The number of carbonyl (C=O) groups is 1. The number of rotatable bonds is 6. The van der Waals surface area contributed by atoms with Gasteiger partial charge in [-0.2, -0.15) is 0 Å². The number of quaternary nitrogens is 1. The first-order valence-corrected chi connectivity index (χ1v) is 8.74. The number of halogens is 1.